The number of rotatable bonds is 5. The van der Waals surface area contributed by atoms with Crippen LogP contribution in [0.3, 0.4) is 0 Å². The maximum absolute atomic E-state index is 12.6. The summed E-state index contributed by atoms with van der Waals surface area (Å²) in [4.78, 5) is 19.6. The average molecular weight is 369 g/mol. The molecule has 1 atom stereocenters. The molecule has 1 amide bonds. The van der Waals surface area contributed by atoms with Gasteiger partial charge in [0.1, 0.15) is 6.33 Å². The van der Waals surface area contributed by atoms with Crippen molar-refractivity contribution in [2.45, 2.75) is 31.8 Å². The molecule has 0 spiro atoms. The fourth-order valence-corrected chi connectivity index (χ4v) is 4.11. The Labute approximate surface area is 159 Å². The summed E-state index contributed by atoms with van der Waals surface area (Å²) >= 11 is 0. The minimum atomic E-state index is 0.207. The van der Waals surface area contributed by atoms with E-state index < -0.39 is 0 Å². The molecule has 8 heteroatoms. The van der Waals surface area contributed by atoms with Crippen molar-refractivity contribution >= 4 is 11.6 Å². The third-order valence-corrected chi connectivity index (χ3v) is 5.65. The van der Waals surface area contributed by atoms with Crippen LogP contribution >= 0.6 is 0 Å². The molecule has 0 saturated carbocycles. The van der Waals surface area contributed by atoms with E-state index in [1.807, 2.05) is 4.90 Å². The van der Waals surface area contributed by atoms with Crippen LogP contribution in [0.15, 0.2) is 36.7 Å². The van der Waals surface area contributed by atoms with Crippen molar-refractivity contribution < 1.29 is 4.79 Å². The van der Waals surface area contributed by atoms with Crippen LogP contribution in [-0.4, -0.2) is 81.2 Å². The smallest absolute Gasteiger partial charge is 0.224 e. The minimum absolute atomic E-state index is 0.207. The first-order valence-corrected chi connectivity index (χ1v) is 9.82. The fourth-order valence-electron chi connectivity index (χ4n) is 4.11. The number of aromatic nitrogens is 4. The molecule has 2 aliphatic heterocycles. The first kappa shape index (κ1) is 17.9. The number of piperazine rings is 1. The molecule has 27 heavy (non-hydrogen) atoms. The minimum Gasteiger partial charge on any atom is -0.369 e. The van der Waals surface area contributed by atoms with Crippen LogP contribution in [0.2, 0.25) is 0 Å². The molecular weight excluding hydrogens is 342 g/mol. The summed E-state index contributed by atoms with van der Waals surface area (Å²) in [6, 6.07) is 11.1. The van der Waals surface area contributed by atoms with Gasteiger partial charge in [-0.05, 0) is 35.4 Å². The highest BCUT2D eigenvalue weighted by Gasteiger charge is 2.29. The maximum atomic E-state index is 12.6. The molecule has 144 valence electrons. The molecule has 0 bridgehead atoms. The number of aryl methyl sites for hydroxylation is 1. The Kier molecular flexibility index (Phi) is 5.62. The second-order valence-corrected chi connectivity index (χ2v) is 7.32. The van der Waals surface area contributed by atoms with Crippen molar-refractivity contribution in [1.82, 2.24) is 30.0 Å². The maximum Gasteiger partial charge on any atom is 0.224 e. The summed E-state index contributed by atoms with van der Waals surface area (Å²) in [5.74, 6) is 0.207. The zero-order chi connectivity index (χ0) is 18.5. The molecule has 1 aromatic heterocycles. The summed E-state index contributed by atoms with van der Waals surface area (Å²) in [6.07, 6.45) is 4.28. The zero-order valence-corrected chi connectivity index (χ0v) is 15.7. The third kappa shape index (κ3) is 4.44. The lowest BCUT2D eigenvalue weighted by atomic mass is 10.0. The Morgan fingerprint density at radius 3 is 2.63 bits per heavy atom. The second-order valence-electron chi connectivity index (χ2n) is 7.32. The van der Waals surface area contributed by atoms with Gasteiger partial charge in [0.25, 0.3) is 0 Å². The van der Waals surface area contributed by atoms with E-state index >= 15 is 0 Å². The number of benzene rings is 1. The van der Waals surface area contributed by atoms with Gasteiger partial charge in [-0.3, -0.25) is 9.69 Å². The highest BCUT2D eigenvalue weighted by atomic mass is 16.2. The standard InChI is InChI=1S/C19H27N7O/c27-19(8-10-26-16-20-21-22-26)25-9-4-7-18(15-25)24-13-11-23(12-14-24)17-5-2-1-3-6-17/h1-3,5-6,16,18H,4,7-15H2. The lowest BCUT2D eigenvalue weighted by Gasteiger charge is -2.44. The Morgan fingerprint density at radius 1 is 1.07 bits per heavy atom. The number of hydrogen-bond acceptors (Lipinski definition) is 6. The molecule has 2 aromatic rings. The zero-order valence-electron chi connectivity index (χ0n) is 15.7. The van der Waals surface area contributed by atoms with Crippen molar-refractivity contribution in [2.75, 3.05) is 44.2 Å². The van der Waals surface area contributed by atoms with Crippen molar-refractivity contribution in [3.8, 4) is 0 Å². The van der Waals surface area contributed by atoms with Crippen LogP contribution in [0, 0.1) is 0 Å². The number of carbonyl (C=O) groups is 1. The summed E-state index contributed by atoms with van der Waals surface area (Å²) < 4.78 is 1.61. The van der Waals surface area contributed by atoms with Gasteiger partial charge in [0.15, 0.2) is 0 Å². The number of likely N-dealkylation sites (tertiary alicyclic amines) is 1. The van der Waals surface area contributed by atoms with E-state index in [1.165, 1.54) is 12.1 Å². The van der Waals surface area contributed by atoms with E-state index in [0.29, 0.717) is 19.0 Å². The van der Waals surface area contributed by atoms with Gasteiger partial charge in [-0.1, -0.05) is 18.2 Å². The number of hydrogen-bond donors (Lipinski definition) is 0. The van der Waals surface area contributed by atoms with Crippen molar-refractivity contribution in [3.63, 3.8) is 0 Å². The number of carbonyl (C=O) groups excluding carboxylic acids is 1. The number of amides is 1. The first-order valence-electron chi connectivity index (χ1n) is 9.82. The SMILES string of the molecule is O=C(CCn1cnnn1)N1CCCC(N2CCN(c3ccccc3)CC2)C1. The van der Waals surface area contributed by atoms with Gasteiger partial charge in [-0.25, -0.2) is 4.68 Å². The van der Waals surface area contributed by atoms with Gasteiger partial charge in [-0.15, -0.1) is 5.10 Å². The Bertz CT molecular complexity index is 713. The van der Waals surface area contributed by atoms with E-state index in [4.69, 9.17) is 0 Å². The van der Waals surface area contributed by atoms with E-state index in [-0.39, 0.29) is 5.91 Å². The summed E-state index contributed by atoms with van der Waals surface area (Å²) in [5.41, 5.74) is 1.31. The summed E-state index contributed by atoms with van der Waals surface area (Å²) in [5, 5.41) is 11.0. The molecule has 2 saturated heterocycles. The molecule has 4 rings (SSSR count). The molecule has 0 radical (unpaired) electrons. The lowest BCUT2D eigenvalue weighted by molar-refractivity contribution is -0.133. The monoisotopic (exact) mass is 369 g/mol. The Morgan fingerprint density at radius 2 is 1.89 bits per heavy atom. The van der Waals surface area contributed by atoms with Gasteiger partial charge in [0.2, 0.25) is 5.91 Å². The molecule has 0 aliphatic carbocycles. The molecule has 8 nitrogen and oxygen atoms in total. The molecule has 2 fully saturated rings. The number of piperidine rings is 1. The molecule has 1 aromatic carbocycles. The molecular formula is C19H27N7O. The van der Waals surface area contributed by atoms with Gasteiger partial charge >= 0.3 is 0 Å². The normalized spacial score (nSPS) is 21.4. The van der Waals surface area contributed by atoms with Gasteiger partial charge in [0.05, 0.1) is 6.54 Å². The Balaban J connectivity index is 1.26. The lowest BCUT2D eigenvalue weighted by Crippen LogP contribution is -2.55. The van der Waals surface area contributed by atoms with Crippen LogP contribution in [0.5, 0.6) is 0 Å². The topological polar surface area (TPSA) is 70.4 Å². The van der Waals surface area contributed by atoms with Crippen LogP contribution in [0.4, 0.5) is 5.69 Å². The van der Waals surface area contributed by atoms with Crippen molar-refractivity contribution in [1.29, 1.82) is 0 Å². The predicted molar refractivity (Wildman–Crippen MR) is 102 cm³/mol. The van der Waals surface area contributed by atoms with Crippen LogP contribution in [0.25, 0.3) is 0 Å². The quantitative estimate of drug-likeness (QED) is 0.779. The van der Waals surface area contributed by atoms with Gasteiger partial charge < -0.3 is 9.80 Å². The summed E-state index contributed by atoms with van der Waals surface area (Å²) in [7, 11) is 0. The highest BCUT2D eigenvalue weighted by molar-refractivity contribution is 5.76. The second kappa shape index (κ2) is 8.47. The highest BCUT2D eigenvalue weighted by Crippen LogP contribution is 2.21. The van der Waals surface area contributed by atoms with E-state index in [9.17, 15) is 4.79 Å². The number of anilines is 1. The van der Waals surface area contributed by atoms with E-state index in [2.05, 4.69) is 55.7 Å². The van der Waals surface area contributed by atoms with Gasteiger partial charge in [-0.2, -0.15) is 0 Å². The van der Waals surface area contributed by atoms with E-state index in [1.54, 1.807) is 11.0 Å². The largest absolute Gasteiger partial charge is 0.369 e. The van der Waals surface area contributed by atoms with Gasteiger partial charge in [0, 0.05) is 57.4 Å². The fraction of sp³-hybridized carbons (Fsp3) is 0.579. The predicted octanol–water partition coefficient (Wildman–Crippen LogP) is 0.876. The molecule has 3 heterocycles. The van der Waals surface area contributed by atoms with Crippen LogP contribution in [0.1, 0.15) is 19.3 Å². The molecule has 2 aliphatic rings. The number of tetrazole rings is 1. The van der Waals surface area contributed by atoms with Crippen LogP contribution in [-0.2, 0) is 11.3 Å². The van der Waals surface area contributed by atoms with E-state index in [0.717, 1.165) is 45.7 Å². The molecule has 1 unspecified atom stereocenters. The Hall–Kier alpha value is -2.48. The third-order valence-electron chi connectivity index (χ3n) is 5.65. The van der Waals surface area contributed by atoms with Crippen molar-refractivity contribution in [3.05, 3.63) is 36.7 Å². The number of para-hydroxylation sites is 1. The summed E-state index contributed by atoms with van der Waals surface area (Å²) in [6.45, 7) is 6.48. The van der Waals surface area contributed by atoms with Crippen LogP contribution < -0.4 is 4.90 Å². The number of nitrogens with zero attached hydrogens (tertiary/aromatic N) is 7. The molecule has 0 N–H and O–H groups in total. The average Bonchev–Trinajstić information content (AvgIpc) is 3.27. The van der Waals surface area contributed by atoms with Crippen molar-refractivity contribution in [2.24, 2.45) is 0 Å². The first-order chi connectivity index (χ1) is 13.3.